The zero-order valence-electron chi connectivity index (χ0n) is 11.5. The van der Waals surface area contributed by atoms with E-state index in [-0.39, 0.29) is 0 Å². The molecule has 0 bridgehead atoms. The fourth-order valence-corrected chi connectivity index (χ4v) is 3.12. The largest absolute Gasteiger partial charge is 0.335 e. The van der Waals surface area contributed by atoms with Crippen molar-refractivity contribution in [1.29, 1.82) is 0 Å². The van der Waals surface area contributed by atoms with Crippen molar-refractivity contribution in [1.82, 2.24) is 15.1 Å². The van der Waals surface area contributed by atoms with E-state index in [1.807, 2.05) is 0 Å². The lowest BCUT2D eigenvalue weighted by atomic mass is 9.82. The molecule has 0 unspecified atom stereocenters. The van der Waals surface area contributed by atoms with Crippen molar-refractivity contribution in [3.63, 3.8) is 0 Å². The number of carbonyl (C=O) groups is 3. The molecule has 20 heavy (non-hydrogen) atoms. The van der Waals surface area contributed by atoms with Gasteiger partial charge in [-0.05, 0) is 19.8 Å². The van der Waals surface area contributed by atoms with Crippen LogP contribution in [-0.4, -0.2) is 27.6 Å². The first-order valence-electron chi connectivity index (χ1n) is 6.66. The van der Waals surface area contributed by atoms with E-state index in [0.717, 1.165) is 17.7 Å². The predicted molar refractivity (Wildman–Crippen MR) is 69.9 cm³/mol. The number of aromatic nitrogens is 2. The van der Waals surface area contributed by atoms with Gasteiger partial charge in [-0.25, -0.2) is 9.69 Å². The number of urea groups is 1. The molecule has 1 spiro atoms. The topological polar surface area (TPSA) is 84.3 Å². The number of amides is 4. The standard InChI is InChI=1S/C13H16N4O3/c1-8-9(7-16(2)15-8)17-11(19)13(5-3-4-6-13)10(18)14-12(17)20/h7H,3-6H2,1-2H3,(H,14,18,20). The third-order valence-corrected chi connectivity index (χ3v) is 4.16. The number of rotatable bonds is 1. The lowest BCUT2D eigenvalue weighted by Crippen LogP contribution is -2.63. The summed E-state index contributed by atoms with van der Waals surface area (Å²) >= 11 is 0. The molecule has 1 aromatic rings. The zero-order valence-corrected chi connectivity index (χ0v) is 11.5. The smallest absolute Gasteiger partial charge is 0.276 e. The van der Waals surface area contributed by atoms with E-state index >= 15 is 0 Å². The number of anilines is 1. The van der Waals surface area contributed by atoms with Gasteiger partial charge in [0.25, 0.3) is 5.91 Å². The van der Waals surface area contributed by atoms with Crippen molar-refractivity contribution in [2.75, 3.05) is 4.90 Å². The molecule has 1 N–H and O–H groups in total. The van der Waals surface area contributed by atoms with Crippen LogP contribution in [0, 0.1) is 12.3 Å². The van der Waals surface area contributed by atoms with Gasteiger partial charge < -0.3 is 0 Å². The Bertz CT molecular complexity index is 613. The highest BCUT2D eigenvalue weighted by Crippen LogP contribution is 2.43. The van der Waals surface area contributed by atoms with Crippen LogP contribution in [0.2, 0.25) is 0 Å². The highest BCUT2D eigenvalue weighted by molar-refractivity contribution is 6.30. The molecule has 1 saturated carbocycles. The number of nitrogens with zero attached hydrogens (tertiary/aromatic N) is 3. The number of imide groups is 2. The molecule has 106 valence electrons. The van der Waals surface area contributed by atoms with Crippen molar-refractivity contribution >= 4 is 23.5 Å². The van der Waals surface area contributed by atoms with Crippen LogP contribution in [0.25, 0.3) is 0 Å². The Morgan fingerprint density at radius 1 is 1.25 bits per heavy atom. The summed E-state index contributed by atoms with van der Waals surface area (Å²) in [5.41, 5.74) is -0.0526. The summed E-state index contributed by atoms with van der Waals surface area (Å²) in [7, 11) is 1.72. The number of barbiturate groups is 1. The summed E-state index contributed by atoms with van der Waals surface area (Å²) < 4.78 is 1.54. The summed E-state index contributed by atoms with van der Waals surface area (Å²) in [5, 5.41) is 6.46. The first-order chi connectivity index (χ1) is 9.45. The number of hydrogen-bond acceptors (Lipinski definition) is 4. The van der Waals surface area contributed by atoms with Crippen LogP contribution in [0.3, 0.4) is 0 Å². The van der Waals surface area contributed by atoms with E-state index in [4.69, 9.17) is 0 Å². The molecule has 1 aromatic heterocycles. The third-order valence-electron chi connectivity index (χ3n) is 4.16. The van der Waals surface area contributed by atoms with Crippen molar-refractivity contribution < 1.29 is 14.4 Å². The van der Waals surface area contributed by atoms with Gasteiger partial charge in [-0.3, -0.25) is 19.6 Å². The Labute approximate surface area is 115 Å². The van der Waals surface area contributed by atoms with E-state index < -0.39 is 23.3 Å². The maximum absolute atomic E-state index is 12.7. The highest BCUT2D eigenvalue weighted by Gasteiger charge is 2.55. The van der Waals surface area contributed by atoms with Crippen LogP contribution in [0.1, 0.15) is 31.4 Å². The molecule has 0 radical (unpaired) electrons. The van der Waals surface area contributed by atoms with E-state index in [0.29, 0.717) is 24.2 Å². The Kier molecular flexibility index (Phi) is 2.67. The normalized spacial score (nSPS) is 21.7. The maximum atomic E-state index is 12.7. The van der Waals surface area contributed by atoms with Crippen LogP contribution >= 0.6 is 0 Å². The molecule has 2 aliphatic rings. The van der Waals surface area contributed by atoms with E-state index in [9.17, 15) is 14.4 Å². The summed E-state index contributed by atoms with van der Waals surface area (Å²) in [6, 6.07) is -0.686. The fraction of sp³-hybridized carbons (Fsp3) is 0.538. The van der Waals surface area contributed by atoms with Gasteiger partial charge in [0, 0.05) is 13.2 Å². The SMILES string of the molecule is Cc1nn(C)cc1N1C(=O)NC(=O)C2(CCCC2)C1=O. The number of hydrogen-bond donors (Lipinski definition) is 1. The average Bonchev–Trinajstić information content (AvgIpc) is 2.96. The molecule has 0 atom stereocenters. The summed E-state index contributed by atoms with van der Waals surface area (Å²) in [6.45, 7) is 1.73. The minimum atomic E-state index is -1.07. The van der Waals surface area contributed by atoms with Crippen molar-refractivity contribution in [2.45, 2.75) is 32.6 Å². The Morgan fingerprint density at radius 2 is 1.90 bits per heavy atom. The molecule has 0 aromatic carbocycles. The van der Waals surface area contributed by atoms with Crippen molar-refractivity contribution in [3.8, 4) is 0 Å². The van der Waals surface area contributed by atoms with Crippen LogP contribution in [0.5, 0.6) is 0 Å². The fourth-order valence-electron chi connectivity index (χ4n) is 3.12. The van der Waals surface area contributed by atoms with Gasteiger partial charge in [0.1, 0.15) is 5.41 Å². The molecule has 2 fully saturated rings. The quantitative estimate of drug-likeness (QED) is 0.771. The number of nitrogens with one attached hydrogen (secondary N) is 1. The van der Waals surface area contributed by atoms with E-state index in [2.05, 4.69) is 10.4 Å². The first-order valence-corrected chi connectivity index (χ1v) is 6.66. The van der Waals surface area contributed by atoms with Crippen molar-refractivity contribution in [3.05, 3.63) is 11.9 Å². The molecular weight excluding hydrogens is 260 g/mol. The highest BCUT2D eigenvalue weighted by atomic mass is 16.2. The van der Waals surface area contributed by atoms with Crippen LogP contribution in [-0.2, 0) is 16.6 Å². The third kappa shape index (κ3) is 1.59. The molecule has 1 aliphatic heterocycles. The molecule has 1 saturated heterocycles. The molecule has 4 amide bonds. The van der Waals surface area contributed by atoms with Crippen LogP contribution in [0.15, 0.2) is 6.20 Å². The summed E-state index contributed by atoms with van der Waals surface area (Å²) in [6.07, 6.45) is 4.27. The molecule has 3 rings (SSSR count). The second-order valence-corrected chi connectivity index (χ2v) is 5.46. The Hall–Kier alpha value is -2.18. The maximum Gasteiger partial charge on any atom is 0.335 e. The first kappa shape index (κ1) is 12.8. The molecule has 7 heteroatoms. The molecule has 7 nitrogen and oxygen atoms in total. The van der Waals surface area contributed by atoms with Crippen LogP contribution < -0.4 is 10.2 Å². The second kappa shape index (κ2) is 4.16. The zero-order chi connectivity index (χ0) is 14.5. The Balaban J connectivity index is 2.06. The van der Waals surface area contributed by atoms with Gasteiger partial charge in [-0.15, -0.1) is 0 Å². The van der Waals surface area contributed by atoms with Gasteiger partial charge in [0.2, 0.25) is 5.91 Å². The van der Waals surface area contributed by atoms with E-state index in [1.165, 1.54) is 0 Å². The molecular formula is C13H16N4O3. The second-order valence-electron chi connectivity index (χ2n) is 5.46. The monoisotopic (exact) mass is 276 g/mol. The lowest BCUT2D eigenvalue weighted by molar-refractivity contribution is -0.142. The van der Waals surface area contributed by atoms with Gasteiger partial charge in [-0.2, -0.15) is 5.10 Å². The lowest BCUT2D eigenvalue weighted by Gasteiger charge is -2.36. The van der Waals surface area contributed by atoms with Gasteiger partial charge in [-0.1, -0.05) is 12.8 Å². The minimum Gasteiger partial charge on any atom is -0.276 e. The Morgan fingerprint density at radius 3 is 2.45 bits per heavy atom. The minimum absolute atomic E-state index is 0.417. The van der Waals surface area contributed by atoms with Gasteiger partial charge in [0.05, 0.1) is 11.4 Å². The van der Waals surface area contributed by atoms with E-state index in [1.54, 1.807) is 24.9 Å². The number of aryl methyl sites for hydroxylation is 2. The van der Waals surface area contributed by atoms with Gasteiger partial charge in [0.15, 0.2) is 0 Å². The number of carbonyl (C=O) groups excluding carboxylic acids is 3. The molecule has 1 aliphatic carbocycles. The summed E-state index contributed by atoms with van der Waals surface area (Å²) in [5.74, 6) is -0.873. The molecule has 2 heterocycles. The average molecular weight is 276 g/mol. The van der Waals surface area contributed by atoms with Gasteiger partial charge >= 0.3 is 6.03 Å². The van der Waals surface area contributed by atoms with Crippen LogP contribution in [0.4, 0.5) is 10.5 Å². The van der Waals surface area contributed by atoms with Crippen molar-refractivity contribution in [2.24, 2.45) is 12.5 Å². The predicted octanol–water partition coefficient (Wildman–Crippen LogP) is 0.872. The summed E-state index contributed by atoms with van der Waals surface area (Å²) in [4.78, 5) is 38.0.